The highest BCUT2D eigenvalue weighted by molar-refractivity contribution is 5.43. The number of hydrogen-bond acceptors (Lipinski definition) is 5. The van der Waals surface area contributed by atoms with E-state index < -0.39 is 0 Å². The van der Waals surface area contributed by atoms with Crippen molar-refractivity contribution in [1.82, 2.24) is 15.3 Å². The van der Waals surface area contributed by atoms with Gasteiger partial charge in [0.05, 0.1) is 0 Å². The molecule has 2 rings (SSSR count). The predicted molar refractivity (Wildman–Crippen MR) is 84.4 cm³/mol. The van der Waals surface area contributed by atoms with E-state index in [1.54, 1.807) is 0 Å². The molecule has 1 aliphatic heterocycles. The van der Waals surface area contributed by atoms with Crippen molar-refractivity contribution in [3.63, 3.8) is 0 Å². The molecule has 0 radical (unpaired) electrons. The maximum absolute atomic E-state index is 4.68. The zero-order valence-electron chi connectivity index (χ0n) is 13.1. The molecule has 1 N–H and O–H groups in total. The van der Waals surface area contributed by atoms with Crippen LogP contribution in [0.1, 0.15) is 26.7 Å². The lowest BCUT2D eigenvalue weighted by Gasteiger charge is -2.34. The topological polar surface area (TPSA) is 44.3 Å². The first kappa shape index (κ1) is 15.0. The Labute approximate surface area is 122 Å². The number of aromatic nitrogens is 2. The molecule has 1 aromatic rings. The molecule has 20 heavy (non-hydrogen) atoms. The molecule has 1 aromatic heterocycles. The van der Waals surface area contributed by atoms with Gasteiger partial charge < -0.3 is 15.1 Å². The van der Waals surface area contributed by atoms with Gasteiger partial charge in [0, 0.05) is 32.9 Å². The van der Waals surface area contributed by atoms with Crippen LogP contribution in [0.2, 0.25) is 0 Å². The zero-order valence-corrected chi connectivity index (χ0v) is 13.1. The number of anilines is 2. The second-order valence-corrected chi connectivity index (χ2v) is 6.07. The van der Waals surface area contributed by atoms with Gasteiger partial charge >= 0.3 is 0 Å². The van der Waals surface area contributed by atoms with Crippen molar-refractivity contribution < 1.29 is 0 Å². The molecule has 1 unspecified atom stereocenters. The first-order valence-electron chi connectivity index (χ1n) is 7.55. The lowest BCUT2D eigenvalue weighted by atomic mass is 9.98. The Hall–Kier alpha value is -1.36. The highest BCUT2D eigenvalue weighted by atomic mass is 15.3. The maximum atomic E-state index is 4.68. The third kappa shape index (κ3) is 3.82. The Morgan fingerprint density at radius 2 is 2.20 bits per heavy atom. The van der Waals surface area contributed by atoms with Gasteiger partial charge in [0.15, 0.2) is 0 Å². The first-order valence-corrected chi connectivity index (χ1v) is 7.55. The van der Waals surface area contributed by atoms with Crippen LogP contribution in [0, 0.1) is 5.92 Å². The monoisotopic (exact) mass is 277 g/mol. The van der Waals surface area contributed by atoms with Crippen LogP contribution in [0.5, 0.6) is 0 Å². The van der Waals surface area contributed by atoms with Gasteiger partial charge in [-0.05, 0) is 51.8 Å². The van der Waals surface area contributed by atoms with Crippen molar-refractivity contribution in [1.29, 1.82) is 0 Å². The van der Waals surface area contributed by atoms with Crippen LogP contribution in [0.4, 0.5) is 11.8 Å². The summed E-state index contributed by atoms with van der Waals surface area (Å²) in [4.78, 5) is 13.3. The van der Waals surface area contributed by atoms with E-state index in [-0.39, 0.29) is 0 Å². The summed E-state index contributed by atoms with van der Waals surface area (Å²) < 4.78 is 0. The van der Waals surface area contributed by atoms with Crippen molar-refractivity contribution in [2.45, 2.75) is 32.7 Å². The molecule has 1 saturated heterocycles. The van der Waals surface area contributed by atoms with E-state index in [1.807, 2.05) is 31.3 Å². The van der Waals surface area contributed by atoms with Crippen LogP contribution in [0.15, 0.2) is 12.3 Å². The predicted octanol–water partition coefficient (Wildman–Crippen LogP) is 1.76. The Balaban J connectivity index is 2.13. The van der Waals surface area contributed by atoms with E-state index in [9.17, 15) is 0 Å². The van der Waals surface area contributed by atoms with Gasteiger partial charge in [-0.3, -0.25) is 0 Å². The second-order valence-electron chi connectivity index (χ2n) is 6.07. The fraction of sp³-hybridized carbons (Fsp3) is 0.733. The van der Waals surface area contributed by atoms with Crippen LogP contribution in [-0.4, -0.2) is 49.7 Å². The summed E-state index contributed by atoms with van der Waals surface area (Å²) >= 11 is 0. The molecule has 0 spiro atoms. The average molecular weight is 277 g/mol. The second kappa shape index (κ2) is 6.88. The average Bonchev–Trinajstić information content (AvgIpc) is 2.45. The molecule has 0 aliphatic carbocycles. The molecule has 1 fully saturated rings. The lowest BCUT2D eigenvalue weighted by molar-refractivity contribution is 0.370. The molecule has 5 heteroatoms. The highest BCUT2D eigenvalue weighted by Crippen LogP contribution is 2.20. The number of piperidine rings is 1. The summed E-state index contributed by atoms with van der Waals surface area (Å²) in [6.45, 7) is 7.81. The molecular formula is C15H27N5. The standard InChI is InChI=1S/C15H27N5/c1-12(2)20(11-13-6-5-8-16-10-13)14-7-9-17-15(18-14)19(3)4/h7,9,12-13,16H,5-6,8,10-11H2,1-4H3. The smallest absolute Gasteiger partial charge is 0.226 e. The highest BCUT2D eigenvalue weighted by Gasteiger charge is 2.20. The summed E-state index contributed by atoms with van der Waals surface area (Å²) in [6, 6.07) is 2.46. The van der Waals surface area contributed by atoms with Crippen molar-refractivity contribution >= 4 is 11.8 Å². The van der Waals surface area contributed by atoms with Gasteiger partial charge in [-0.15, -0.1) is 0 Å². The molecule has 0 bridgehead atoms. The van der Waals surface area contributed by atoms with E-state index in [0.29, 0.717) is 12.0 Å². The van der Waals surface area contributed by atoms with Crippen LogP contribution >= 0.6 is 0 Å². The van der Waals surface area contributed by atoms with Gasteiger partial charge in [-0.2, -0.15) is 4.98 Å². The summed E-state index contributed by atoms with van der Waals surface area (Å²) in [5.41, 5.74) is 0. The van der Waals surface area contributed by atoms with Crippen LogP contribution < -0.4 is 15.1 Å². The number of hydrogen-bond donors (Lipinski definition) is 1. The SMILES string of the molecule is CC(C)N(CC1CCCNC1)c1ccnc(N(C)C)n1. The van der Waals surface area contributed by atoms with Crippen LogP contribution in [0.25, 0.3) is 0 Å². The Kier molecular flexibility index (Phi) is 5.17. The Morgan fingerprint density at radius 1 is 1.40 bits per heavy atom. The van der Waals surface area contributed by atoms with Crippen LogP contribution in [0.3, 0.4) is 0 Å². The van der Waals surface area contributed by atoms with Gasteiger partial charge in [-0.25, -0.2) is 4.98 Å². The molecule has 1 atom stereocenters. The van der Waals surface area contributed by atoms with E-state index in [0.717, 1.165) is 31.4 Å². The zero-order chi connectivity index (χ0) is 14.5. The van der Waals surface area contributed by atoms with Gasteiger partial charge in [-0.1, -0.05) is 0 Å². The summed E-state index contributed by atoms with van der Waals surface area (Å²) in [6.07, 6.45) is 4.44. The molecule has 112 valence electrons. The third-order valence-electron chi connectivity index (χ3n) is 3.80. The Morgan fingerprint density at radius 3 is 2.80 bits per heavy atom. The molecule has 0 aromatic carbocycles. The normalized spacial score (nSPS) is 19.1. The van der Waals surface area contributed by atoms with Gasteiger partial charge in [0.25, 0.3) is 0 Å². The summed E-state index contributed by atoms with van der Waals surface area (Å²) in [5.74, 6) is 2.52. The molecule has 5 nitrogen and oxygen atoms in total. The van der Waals surface area contributed by atoms with E-state index in [4.69, 9.17) is 0 Å². The third-order valence-corrected chi connectivity index (χ3v) is 3.80. The molecule has 0 saturated carbocycles. The van der Waals surface area contributed by atoms with E-state index in [1.165, 1.54) is 12.8 Å². The van der Waals surface area contributed by atoms with Gasteiger partial charge in [0.1, 0.15) is 5.82 Å². The summed E-state index contributed by atoms with van der Waals surface area (Å²) in [7, 11) is 3.95. The fourth-order valence-electron chi connectivity index (χ4n) is 2.64. The van der Waals surface area contributed by atoms with E-state index >= 15 is 0 Å². The van der Waals surface area contributed by atoms with Gasteiger partial charge in [0.2, 0.25) is 5.95 Å². The van der Waals surface area contributed by atoms with Crippen molar-refractivity contribution in [2.24, 2.45) is 5.92 Å². The number of nitrogens with zero attached hydrogens (tertiary/aromatic N) is 4. The maximum Gasteiger partial charge on any atom is 0.226 e. The quantitative estimate of drug-likeness (QED) is 0.888. The van der Waals surface area contributed by atoms with Crippen molar-refractivity contribution in [3.05, 3.63) is 12.3 Å². The van der Waals surface area contributed by atoms with Crippen molar-refractivity contribution in [3.8, 4) is 0 Å². The molecular weight excluding hydrogens is 250 g/mol. The van der Waals surface area contributed by atoms with Crippen LogP contribution in [-0.2, 0) is 0 Å². The minimum atomic E-state index is 0.446. The minimum Gasteiger partial charge on any atom is -0.354 e. The molecule has 1 aliphatic rings. The van der Waals surface area contributed by atoms with E-state index in [2.05, 4.69) is 34.0 Å². The Bertz CT molecular complexity index is 412. The largest absolute Gasteiger partial charge is 0.354 e. The first-order chi connectivity index (χ1) is 9.58. The minimum absolute atomic E-state index is 0.446. The molecule has 2 heterocycles. The number of rotatable bonds is 5. The molecule has 0 amide bonds. The lowest BCUT2D eigenvalue weighted by Crippen LogP contribution is -2.41. The number of nitrogens with one attached hydrogen (secondary N) is 1. The summed E-state index contributed by atoms with van der Waals surface area (Å²) in [5, 5.41) is 3.49. The van der Waals surface area contributed by atoms with Crippen molar-refractivity contribution in [2.75, 3.05) is 43.5 Å². The fourth-order valence-corrected chi connectivity index (χ4v) is 2.64.